The van der Waals surface area contributed by atoms with E-state index in [1.807, 2.05) is 54.6 Å². The van der Waals surface area contributed by atoms with Crippen molar-refractivity contribution in [2.45, 2.75) is 31.7 Å². The molecule has 25 heavy (non-hydrogen) atoms. The van der Waals surface area contributed by atoms with Gasteiger partial charge in [0.1, 0.15) is 0 Å². The van der Waals surface area contributed by atoms with E-state index in [-0.39, 0.29) is 11.9 Å². The van der Waals surface area contributed by atoms with Gasteiger partial charge in [0.05, 0.1) is 6.42 Å². The number of carbonyl (C=O) groups excluding carboxylic acids is 2. The summed E-state index contributed by atoms with van der Waals surface area (Å²) in [7, 11) is 1.78. The second-order valence-corrected chi connectivity index (χ2v) is 6.39. The number of benzene rings is 2. The summed E-state index contributed by atoms with van der Waals surface area (Å²) in [6.45, 7) is 0. The molecule has 130 valence electrons. The average molecular weight is 337 g/mol. The number of anilines is 2. The van der Waals surface area contributed by atoms with Crippen molar-refractivity contribution in [3.63, 3.8) is 0 Å². The number of rotatable bonds is 5. The van der Waals surface area contributed by atoms with Gasteiger partial charge in [-0.1, -0.05) is 30.3 Å². The Morgan fingerprint density at radius 1 is 1.04 bits per heavy atom. The molecule has 1 aliphatic rings. The summed E-state index contributed by atoms with van der Waals surface area (Å²) >= 11 is 0. The highest BCUT2D eigenvalue weighted by Gasteiger charge is 2.19. The first-order valence-electron chi connectivity index (χ1n) is 8.60. The molecule has 3 amide bonds. The van der Waals surface area contributed by atoms with Crippen LogP contribution in [-0.2, 0) is 11.2 Å². The van der Waals surface area contributed by atoms with Crippen LogP contribution in [0.25, 0.3) is 0 Å². The number of amides is 3. The number of likely N-dealkylation sites (N-methyl/N-ethyl adjacent to an activating group) is 1. The van der Waals surface area contributed by atoms with E-state index < -0.39 is 0 Å². The van der Waals surface area contributed by atoms with Gasteiger partial charge in [-0.05, 0) is 49.1 Å². The van der Waals surface area contributed by atoms with Crippen molar-refractivity contribution in [1.29, 1.82) is 0 Å². The van der Waals surface area contributed by atoms with Crippen molar-refractivity contribution in [2.75, 3.05) is 17.3 Å². The summed E-state index contributed by atoms with van der Waals surface area (Å²) in [6.07, 6.45) is 3.62. The maximum Gasteiger partial charge on any atom is 0.319 e. The minimum Gasteiger partial charge on any atom is -0.335 e. The van der Waals surface area contributed by atoms with Crippen molar-refractivity contribution in [3.8, 4) is 0 Å². The van der Waals surface area contributed by atoms with Gasteiger partial charge in [-0.2, -0.15) is 0 Å². The Morgan fingerprint density at radius 2 is 1.72 bits per heavy atom. The molecule has 2 N–H and O–H groups in total. The molecule has 1 aliphatic carbocycles. The van der Waals surface area contributed by atoms with Crippen LogP contribution in [0.5, 0.6) is 0 Å². The molecule has 0 saturated heterocycles. The van der Waals surface area contributed by atoms with Crippen molar-refractivity contribution in [2.24, 2.45) is 0 Å². The SMILES string of the molecule is CN(C(=O)Cc1ccc(NC(=O)NC2CCC2)cc1)c1ccccc1. The van der Waals surface area contributed by atoms with Gasteiger partial charge in [0.2, 0.25) is 5.91 Å². The second-order valence-electron chi connectivity index (χ2n) is 6.39. The van der Waals surface area contributed by atoms with Crippen molar-refractivity contribution >= 4 is 23.3 Å². The third-order valence-electron chi connectivity index (χ3n) is 4.53. The van der Waals surface area contributed by atoms with Crippen LogP contribution in [0.1, 0.15) is 24.8 Å². The van der Waals surface area contributed by atoms with Gasteiger partial charge < -0.3 is 15.5 Å². The lowest BCUT2D eigenvalue weighted by molar-refractivity contribution is -0.117. The van der Waals surface area contributed by atoms with Gasteiger partial charge in [-0.3, -0.25) is 4.79 Å². The smallest absolute Gasteiger partial charge is 0.319 e. The fourth-order valence-electron chi connectivity index (χ4n) is 2.70. The number of carbonyl (C=O) groups is 2. The van der Waals surface area contributed by atoms with Gasteiger partial charge in [0.25, 0.3) is 0 Å². The second kappa shape index (κ2) is 7.83. The molecule has 2 aromatic carbocycles. The summed E-state index contributed by atoms with van der Waals surface area (Å²) in [4.78, 5) is 25.9. The molecule has 5 nitrogen and oxygen atoms in total. The summed E-state index contributed by atoms with van der Waals surface area (Å²) < 4.78 is 0. The minimum atomic E-state index is -0.169. The number of para-hydroxylation sites is 1. The predicted octanol–water partition coefficient (Wildman–Crippen LogP) is 3.57. The first-order chi connectivity index (χ1) is 12.1. The molecule has 0 unspecified atom stereocenters. The van der Waals surface area contributed by atoms with E-state index >= 15 is 0 Å². The molecule has 0 heterocycles. The topological polar surface area (TPSA) is 61.4 Å². The zero-order chi connectivity index (χ0) is 17.6. The first-order valence-corrected chi connectivity index (χ1v) is 8.60. The molecular formula is C20H23N3O2. The molecule has 5 heteroatoms. The lowest BCUT2D eigenvalue weighted by Gasteiger charge is -2.26. The minimum absolute atomic E-state index is 0.0228. The predicted molar refractivity (Wildman–Crippen MR) is 99.8 cm³/mol. The lowest BCUT2D eigenvalue weighted by Crippen LogP contribution is -2.41. The highest BCUT2D eigenvalue weighted by Crippen LogP contribution is 2.18. The summed E-state index contributed by atoms with van der Waals surface area (Å²) in [5.74, 6) is 0.0228. The van der Waals surface area contributed by atoms with Gasteiger partial charge in [0, 0.05) is 24.5 Å². The highest BCUT2D eigenvalue weighted by atomic mass is 16.2. The number of urea groups is 1. The van der Waals surface area contributed by atoms with Crippen molar-refractivity contribution in [3.05, 3.63) is 60.2 Å². The van der Waals surface area contributed by atoms with Gasteiger partial charge >= 0.3 is 6.03 Å². The lowest BCUT2D eigenvalue weighted by atomic mass is 9.93. The van der Waals surface area contributed by atoms with E-state index in [2.05, 4.69) is 10.6 Å². The van der Waals surface area contributed by atoms with Crippen LogP contribution in [0, 0.1) is 0 Å². The van der Waals surface area contributed by atoms with Crippen LogP contribution in [0.2, 0.25) is 0 Å². The zero-order valence-electron chi connectivity index (χ0n) is 14.4. The average Bonchev–Trinajstić information content (AvgIpc) is 2.60. The maximum absolute atomic E-state index is 12.4. The van der Waals surface area contributed by atoms with Crippen LogP contribution in [0.4, 0.5) is 16.2 Å². The number of nitrogens with zero attached hydrogens (tertiary/aromatic N) is 1. The standard InChI is InChI=1S/C20H23N3O2/c1-23(18-8-3-2-4-9-18)19(24)14-15-10-12-17(13-11-15)22-20(25)21-16-6-5-7-16/h2-4,8-13,16H,5-7,14H2,1H3,(H2,21,22,25). The van der Waals surface area contributed by atoms with E-state index in [1.165, 1.54) is 6.42 Å². The molecule has 0 aromatic heterocycles. The molecule has 0 aliphatic heterocycles. The summed E-state index contributed by atoms with van der Waals surface area (Å²) in [5.41, 5.74) is 2.51. The zero-order valence-corrected chi connectivity index (χ0v) is 14.4. The van der Waals surface area contributed by atoms with Gasteiger partial charge in [-0.15, -0.1) is 0 Å². The third kappa shape index (κ3) is 4.59. The van der Waals surface area contributed by atoms with Crippen LogP contribution >= 0.6 is 0 Å². The number of hydrogen-bond donors (Lipinski definition) is 2. The van der Waals surface area contributed by atoms with Crippen LogP contribution in [0.3, 0.4) is 0 Å². The van der Waals surface area contributed by atoms with Crippen LogP contribution < -0.4 is 15.5 Å². The Labute approximate surface area is 148 Å². The van der Waals surface area contributed by atoms with Crippen molar-refractivity contribution < 1.29 is 9.59 Å². The third-order valence-corrected chi connectivity index (χ3v) is 4.53. The van der Waals surface area contributed by atoms with Crippen molar-refractivity contribution in [1.82, 2.24) is 5.32 Å². The van der Waals surface area contributed by atoms with E-state index in [9.17, 15) is 9.59 Å². The van der Waals surface area contributed by atoms with Gasteiger partial charge in [0.15, 0.2) is 0 Å². The van der Waals surface area contributed by atoms with Crippen LogP contribution in [0.15, 0.2) is 54.6 Å². The molecule has 2 aromatic rings. The fourth-order valence-corrected chi connectivity index (χ4v) is 2.70. The molecule has 0 spiro atoms. The fraction of sp³-hybridized carbons (Fsp3) is 0.300. The molecule has 0 atom stereocenters. The summed E-state index contributed by atoms with van der Waals surface area (Å²) in [5, 5.41) is 5.76. The molecule has 0 radical (unpaired) electrons. The maximum atomic E-state index is 12.4. The normalized spacial score (nSPS) is 13.6. The Bertz CT molecular complexity index is 724. The monoisotopic (exact) mass is 337 g/mol. The van der Waals surface area contributed by atoms with Gasteiger partial charge in [-0.25, -0.2) is 4.79 Å². The summed E-state index contributed by atoms with van der Waals surface area (Å²) in [6, 6.07) is 17.1. The molecule has 1 fully saturated rings. The molecule has 3 rings (SSSR count). The number of nitrogens with one attached hydrogen (secondary N) is 2. The van der Waals surface area contributed by atoms with E-state index in [0.29, 0.717) is 12.5 Å². The molecular weight excluding hydrogens is 314 g/mol. The van der Waals surface area contributed by atoms with E-state index in [0.717, 1.165) is 29.8 Å². The van der Waals surface area contributed by atoms with E-state index in [4.69, 9.17) is 0 Å². The quantitative estimate of drug-likeness (QED) is 0.876. The molecule has 1 saturated carbocycles. The first kappa shape index (κ1) is 17.0. The highest BCUT2D eigenvalue weighted by molar-refractivity contribution is 5.94. The Hall–Kier alpha value is -2.82. The Balaban J connectivity index is 1.53. The number of hydrogen-bond acceptors (Lipinski definition) is 2. The largest absolute Gasteiger partial charge is 0.335 e. The Morgan fingerprint density at radius 3 is 2.32 bits per heavy atom. The van der Waals surface area contributed by atoms with Crippen LogP contribution in [-0.4, -0.2) is 25.0 Å². The van der Waals surface area contributed by atoms with E-state index in [1.54, 1.807) is 11.9 Å². The molecule has 0 bridgehead atoms. The Kier molecular flexibility index (Phi) is 5.33.